The summed E-state index contributed by atoms with van der Waals surface area (Å²) < 4.78 is 32.2. The number of carbonyl (C=O) groups is 1. The lowest BCUT2D eigenvalue weighted by Crippen LogP contribution is -2.27. The van der Waals surface area contributed by atoms with Crippen molar-refractivity contribution in [2.24, 2.45) is 0 Å². The van der Waals surface area contributed by atoms with Gasteiger partial charge in [0.1, 0.15) is 0 Å². The molecule has 0 heterocycles. The van der Waals surface area contributed by atoms with Crippen LogP contribution in [-0.2, 0) is 14.8 Å². The summed E-state index contributed by atoms with van der Waals surface area (Å²) in [7, 11) is -2.62. The van der Waals surface area contributed by atoms with Crippen LogP contribution in [0.4, 0.5) is 0 Å². The Kier molecular flexibility index (Phi) is 5.87. The summed E-state index contributed by atoms with van der Waals surface area (Å²) in [5, 5.41) is 0.825. The number of ether oxygens (including phenoxy) is 1. The summed E-state index contributed by atoms with van der Waals surface area (Å²) in [4.78, 5) is 11.5. The number of sulfonamides is 1. The fourth-order valence-electron chi connectivity index (χ4n) is 2.13. The average Bonchev–Trinajstić information content (AvgIpc) is 2.53. The van der Waals surface area contributed by atoms with Gasteiger partial charge in [0.15, 0.2) is 0 Å². The third-order valence-corrected chi connectivity index (χ3v) is 5.43. The zero-order chi connectivity index (χ0) is 17.9. The van der Waals surface area contributed by atoms with Gasteiger partial charge in [-0.1, -0.05) is 35.3 Å². The maximum absolute atomic E-state index is 12.5. The van der Waals surface area contributed by atoms with E-state index >= 15 is 0 Å². The summed E-state index contributed by atoms with van der Waals surface area (Å²) in [5.74, 6) is -0.610. The van der Waals surface area contributed by atoms with Crippen molar-refractivity contribution in [1.82, 2.24) is 4.72 Å². The fraction of sp³-hybridized carbons (Fsp3) is 0.188. The van der Waals surface area contributed by atoms with Crippen molar-refractivity contribution in [2.75, 3.05) is 7.11 Å². The van der Waals surface area contributed by atoms with Gasteiger partial charge in [-0.2, -0.15) is 0 Å². The number of carbonyl (C=O) groups excluding carboxylic acids is 1. The van der Waals surface area contributed by atoms with Gasteiger partial charge >= 0.3 is 5.97 Å². The number of rotatable bonds is 5. The van der Waals surface area contributed by atoms with E-state index in [4.69, 9.17) is 23.2 Å². The second kappa shape index (κ2) is 7.53. The fourth-order valence-corrected chi connectivity index (χ4v) is 3.97. The van der Waals surface area contributed by atoms with E-state index in [1.807, 2.05) is 0 Å². The number of hydrogen-bond acceptors (Lipinski definition) is 4. The van der Waals surface area contributed by atoms with Gasteiger partial charge in [-0.3, -0.25) is 0 Å². The monoisotopic (exact) mass is 387 g/mol. The maximum atomic E-state index is 12.5. The molecule has 1 atom stereocenters. The second-order valence-electron chi connectivity index (χ2n) is 5.03. The Morgan fingerprint density at radius 3 is 2.50 bits per heavy atom. The van der Waals surface area contributed by atoms with Crippen molar-refractivity contribution in [3.05, 3.63) is 63.6 Å². The molecule has 0 aromatic heterocycles. The molecular weight excluding hydrogens is 373 g/mol. The van der Waals surface area contributed by atoms with Crippen LogP contribution in [0.25, 0.3) is 0 Å². The van der Waals surface area contributed by atoms with E-state index in [9.17, 15) is 13.2 Å². The van der Waals surface area contributed by atoms with Crippen molar-refractivity contribution in [1.29, 1.82) is 0 Å². The molecule has 0 aliphatic carbocycles. The summed E-state index contributed by atoms with van der Waals surface area (Å²) in [6, 6.07) is 9.84. The van der Waals surface area contributed by atoms with E-state index in [1.54, 1.807) is 25.1 Å². The van der Waals surface area contributed by atoms with Crippen molar-refractivity contribution >= 4 is 39.2 Å². The van der Waals surface area contributed by atoms with Crippen LogP contribution in [0.2, 0.25) is 10.0 Å². The Morgan fingerprint density at radius 1 is 1.17 bits per heavy atom. The molecule has 0 unspecified atom stereocenters. The highest BCUT2D eigenvalue weighted by molar-refractivity contribution is 7.89. The molecule has 2 aromatic rings. The van der Waals surface area contributed by atoms with Crippen LogP contribution in [0.1, 0.15) is 28.9 Å². The molecule has 0 saturated heterocycles. The van der Waals surface area contributed by atoms with Crippen LogP contribution >= 0.6 is 23.2 Å². The molecule has 0 saturated carbocycles. The molecule has 0 bridgehead atoms. The van der Waals surface area contributed by atoms with Crippen molar-refractivity contribution in [3.8, 4) is 0 Å². The highest BCUT2D eigenvalue weighted by Crippen LogP contribution is 2.27. The third kappa shape index (κ3) is 4.27. The summed E-state index contributed by atoms with van der Waals surface area (Å²) in [6.45, 7) is 1.66. The molecule has 24 heavy (non-hydrogen) atoms. The Hall–Kier alpha value is -1.60. The Labute approximate surface area is 150 Å². The van der Waals surface area contributed by atoms with Gasteiger partial charge in [0, 0.05) is 16.1 Å². The Balaban J connectivity index is 2.29. The lowest BCUT2D eigenvalue weighted by atomic mass is 10.1. The van der Waals surface area contributed by atoms with Gasteiger partial charge in [0.2, 0.25) is 10.0 Å². The molecule has 0 fully saturated rings. The highest BCUT2D eigenvalue weighted by atomic mass is 35.5. The van der Waals surface area contributed by atoms with E-state index in [0.29, 0.717) is 15.6 Å². The van der Waals surface area contributed by atoms with Crippen LogP contribution < -0.4 is 4.72 Å². The maximum Gasteiger partial charge on any atom is 0.337 e. The molecule has 0 aliphatic heterocycles. The minimum absolute atomic E-state index is 0.0395. The van der Waals surface area contributed by atoms with E-state index < -0.39 is 22.0 Å². The third-order valence-electron chi connectivity index (χ3n) is 3.33. The smallest absolute Gasteiger partial charge is 0.337 e. The summed E-state index contributed by atoms with van der Waals surface area (Å²) >= 11 is 11.9. The first-order valence-electron chi connectivity index (χ1n) is 6.90. The van der Waals surface area contributed by atoms with Crippen LogP contribution in [0, 0.1) is 0 Å². The van der Waals surface area contributed by atoms with Crippen molar-refractivity contribution < 1.29 is 17.9 Å². The highest BCUT2D eigenvalue weighted by Gasteiger charge is 2.21. The molecule has 2 aromatic carbocycles. The molecule has 2 rings (SSSR count). The molecule has 8 heteroatoms. The Morgan fingerprint density at radius 2 is 1.88 bits per heavy atom. The van der Waals surface area contributed by atoms with E-state index in [0.717, 1.165) is 0 Å². The predicted molar refractivity (Wildman–Crippen MR) is 93.0 cm³/mol. The van der Waals surface area contributed by atoms with E-state index in [1.165, 1.54) is 31.4 Å². The van der Waals surface area contributed by atoms with Gasteiger partial charge in [-0.05, 0) is 42.8 Å². The lowest BCUT2D eigenvalue weighted by molar-refractivity contribution is 0.0600. The zero-order valence-electron chi connectivity index (χ0n) is 12.9. The topological polar surface area (TPSA) is 72.5 Å². The summed E-state index contributed by atoms with van der Waals surface area (Å²) in [6.07, 6.45) is 0. The molecule has 0 radical (unpaired) electrons. The largest absolute Gasteiger partial charge is 0.465 e. The minimum Gasteiger partial charge on any atom is -0.465 e. The van der Waals surface area contributed by atoms with Gasteiger partial charge < -0.3 is 4.74 Å². The SMILES string of the molecule is COC(=O)c1cccc(S(=O)(=O)N[C@H](C)c2ccc(Cl)cc2Cl)c1. The Bertz CT molecular complexity index is 868. The van der Waals surface area contributed by atoms with Crippen LogP contribution in [0.3, 0.4) is 0 Å². The molecule has 0 spiro atoms. The number of hydrogen-bond donors (Lipinski definition) is 1. The first kappa shape index (κ1) is 18.7. The number of esters is 1. The quantitative estimate of drug-likeness (QED) is 0.791. The van der Waals surface area contributed by atoms with Gasteiger partial charge in [0.05, 0.1) is 17.6 Å². The molecular formula is C16H15Cl2NO4S. The van der Waals surface area contributed by atoms with Gasteiger partial charge in [-0.15, -0.1) is 0 Å². The number of nitrogens with one attached hydrogen (secondary N) is 1. The second-order valence-corrected chi connectivity index (χ2v) is 7.59. The first-order valence-corrected chi connectivity index (χ1v) is 9.14. The van der Waals surface area contributed by atoms with Crippen molar-refractivity contribution in [3.63, 3.8) is 0 Å². The standard InChI is InChI=1S/C16H15Cl2NO4S/c1-10(14-7-6-12(17)9-15(14)18)19-24(21,22)13-5-3-4-11(8-13)16(20)23-2/h3-10,19H,1-2H3/t10-/m1/s1. The number of benzene rings is 2. The number of halogens is 2. The molecule has 0 amide bonds. The van der Waals surface area contributed by atoms with Crippen LogP contribution in [-0.4, -0.2) is 21.5 Å². The minimum atomic E-state index is -3.85. The average molecular weight is 388 g/mol. The predicted octanol–water partition coefficient (Wildman–Crippen LogP) is 3.82. The number of methoxy groups -OCH3 is 1. The van der Waals surface area contributed by atoms with Crippen LogP contribution in [0.15, 0.2) is 47.4 Å². The first-order chi connectivity index (χ1) is 11.2. The molecule has 128 valence electrons. The molecule has 5 nitrogen and oxygen atoms in total. The van der Waals surface area contributed by atoms with Crippen molar-refractivity contribution in [2.45, 2.75) is 17.9 Å². The summed E-state index contributed by atoms with van der Waals surface area (Å²) in [5.41, 5.74) is 0.742. The normalized spacial score (nSPS) is 12.7. The molecule has 0 aliphatic rings. The lowest BCUT2D eigenvalue weighted by Gasteiger charge is -2.16. The van der Waals surface area contributed by atoms with E-state index in [2.05, 4.69) is 9.46 Å². The zero-order valence-corrected chi connectivity index (χ0v) is 15.2. The van der Waals surface area contributed by atoms with Gasteiger partial charge in [0.25, 0.3) is 0 Å². The van der Waals surface area contributed by atoms with E-state index in [-0.39, 0.29) is 10.5 Å². The molecule has 1 N–H and O–H groups in total. The van der Waals surface area contributed by atoms with Gasteiger partial charge in [-0.25, -0.2) is 17.9 Å². The van der Waals surface area contributed by atoms with Crippen LogP contribution in [0.5, 0.6) is 0 Å².